The van der Waals surface area contributed by atoms with Crippen LogP contribution in [0.15, 0.2) is 17.1 Å². The average Bonchev–Trinajstić information content (AvgIpc) is 3.09. The molecule has 100 valence electrons. The molecule has 6 heteroatoms. The number of aromatic amines is 1. The summed E-state index contributed by atoms with van der Waals surface area (Å²) in [6, 6.07) is 0. The minimum Gasteiger partial charge on any atom is -0.346 e. The van der Waals surface area contributed by atoms with Crippen LogP contribution in [0.1, 0.15) is 40.8 Å². The Kier molecular flexibility index (Phi) is 3.33. The highest BCUT2D eigenvalue weighted by Gasteiger charge is 2.27. The normalized spacial score (nSPS) is 19.6. The Bertz CT molecular complexity index is 563. The molecule has 2 aromatic heterocycles. The van der Waals surface area contributed by atoms with Crippen molar-refractivity contribution in [2.24, 2.45) is 0 Å². The number of amides is 1. The number of imidazole rings is 1. The lowest BCUT2D eigenvalue weighted by Gasteiger charge is -2.31. The van der Waals surface area contributed by atoms with Gasteiger partial charge in [0.15, 0.2) is 0 Å². The number of hydrogen-bond donors (Lipinski definition) is 1. The van der Waals surface area contributed by atoms with Gasteiger partial charge in [0.25, 0.3) is 5.91 Å². The van der Waals surface area contributed by atoms with Gasteiger partial charge in [-0.15, -0.1) is 11.3 Å². The van der Waals surface area contributed by atoms with E-state index in [1.807, 2.05) is 23.4 Å². The molecule has 2 aromatic rings. The second-order valence-electron chi connectivity index (χ2n) is 4.92. The van der Waals surface area contributed by atoms with E-state index in [1.165, 1.54) is 11.3 Å². The molecular formula is C13H16N4OS. The van der Waals surface area contributed by atoms with Gasteiger partial charge in [-0.2, -0.15) is 0 Å². The fourth-order valence-corrected chi connectivity index (χ4v) is 3.03. The number of piperidine rings is 1. The first-order chi connectivity index (χ1) is 9.24. The van der Waals surface area contributed by atoms with E-state index in [0.29, 0.717) is 11.6 Å². The molecule has 0 spiro atoms. The van der Waals surface area contributed by atoms with Gasteiger partial charge in [0, 0.05) is 36.3 Å². The number of thiazole rings is 1. The summed E-state index contributed by atoms with van der Waals surface area (Å²) in [5.74, 6) is 1.34. The minimum absolute atomic E-state index is 0.0363. The van der Waals surface area contributed by atoms with Crippen LogP contribution in [-0.2, 0) is 0 Å². The van der Waals surface area contributed by atoms with Crippen LogP contribution in [0.5, 0.6) is 0 Å². The fraction of sp³-hybridized carbons (Fsp3) is 0.462. The first-order valence-electron chi connectivity index (χ1n) is 6.43. The van der Waals surface area contributed by atoms with Crippen molar-refractivity contribution in [1.29, 1.82) is 0 Å². The topological polar surface area (TPSA) is 61.9 Å². The second-order valence-corrected chi connectivity index (χ2v) is 5.63. The van der Waals surface area contributed by atoms with Crippen molar-refractivity contribution in [3.05, 3.63) is 34.3 Å². The summed E-state index contributed by atoms with van der Waals surface area (Å²) in [6.45, 7) is 3.54. The Labute approximate surface area is 115 Å². The maximum absolute atomic E-state index is 12.3. The highest BCUT2D eigenvalue weighted by molar-refractivity contribution is 7.07. The lowest BCUT2D eigenvalue weighted by Crippen LogP contribution is -2.39. The van der Waals surface area contributed by atoms with Gasteiger partial charge in [0.1, 0.15) is 11.5 Å². The average molecular weight is 276 g/mol. The van der Waals surface area contributed by atoms with Crippen molar-refractivity contribution < 1.29 is 4.79 Å². The summed E-state index contributed by atoms with van der Waals surface area (Å²) in [5, 5.41) is 1.81. The van der Waals surface area contributed by atoms with E-state index < -0.39 is 0 Å². The zero-order valence-corrected chi connectivity index (χ0v) is 11.6. The quantitative estimate of drug-likeness (QED) is 0.914. The summed E-state index contributed by atoms with van der Waals surface area (Å²) in [7, 11) is 0. The third kappa shape index (κ3) is 2.53. The number of carbonyl (C=O) groups excluding carboxylic acids is 1. The van der Waals surface area contributed by atoms with E-state index in [4.69, 9.17) is 0 Å². The van der Waals surface area contributed by atoms with E-state index in [2.05, 4.69) is 15.0 Å². The molecule has 0 saturated carbocycles. The van der Waals surface area contributed by atoms with Gasteiger partial charge in [-0.05, 0) is 19.8 Å². The van der Waals surface area contributed by atoms with Crippen LogP contribution < -0.4 is 0 Å². The Hall–Kier alpha value is -1.69. The van der Waals surface area contributed by atoms with Crippen LogP contribution in [0.25, 0.3) is 0 Å². The molecule has 5 nitrogen and oxygen atoms in total. The number of H-pyrrole nitrogens is 1. The summed E-state index contributed by atoms with van der Waals surface area (Å²) in [6.07, 6.45) is 3.94. The molecule has 3 heterocycles. The second kappa shape index (κ2) is 5.13. The molecule has 1 amide bonds. The minimum atomic E-state index is 0.0363. The summed E-state index contributed by atoms with van der Waals surface area (Å²) in [5.41, 5.74) is 3.32. The van der Waals surface area contributed by atoms with Crippen molar-refractivity contribution in [2.45, 2.75) is 25.7 Å². The maximum Gasteiger partial charge on any atom is 0.273 e. The predicted octanol–water partition coefficient (Wildman–Crippen LogP) is 2.19. The van der Waals surface area contributed by atoms with Crippen LogP contribution >= 0.6 is 11.3 Å². The molecule has 1 saturated heterocycles. The van der Waals surface area contributed by atoms with Gasteiger partial charge in [0.05, 0.1) is 5.51 Å². The van der Waals surface area contributed by atoms with Crippen LogP contribution in [-0.4, -0.2) is 38.8 Å². The molecule has 3 rings (SSSR count). The van der Waals surface area contributed by atoms with Crippen molar-refractivity contribution in [2.75, 3.05) is 13.1 Å². The number of likely N-dealkylation sites (tertiary alicyclic amines) is 1. The monoisotopic (exact) mass is 276 g/mol. The highest BCUT2D eigenvalue weighted by atomic mass is 32.1. The molecule has 1 aliphatic heterocycles. The number of aryl methyl sites for hydroxylation is 1. The molecule has 1 atom stereocenters. The molecule has 19 heavy (non-hydrogen) atoms. The van der Waals surface area contributed by atoms with Gasteiger partial charge in [-0.3, -0.25) is 4.79 Å². The molecule has 0 unspecified atom stereocenters. The van der Waals surface area contributed by atoms with E-state index in [0.717, 1.165) is 37.4 Å². The molecule has 0 bridgehead atoms. The molecule has 0 aliphatic carbocycles. The molecule has 0 radical (unpaired) electrons. The van der Waals surface area contributed by atoms with Gasteiger partial charge >= 0.3 is 0 Å². The summed E-state index contributed by atoms with van der Waals surface area (Å²) < 4.78 is 0. The highest BCUT2D eigenvalue weighted by Crippen LogP contribution is 2.25. The number of nitrogens with zero attached hydrogens (tertiary/aromatic N) is 3. The van der Waals surface area contributed by atoms with Gasteiger partial charge in [-0.25, -0.2) is 9.97 Å². The van der Waals surface area contributed by atoms with E-state index in [1.54, 1.807) is 5.51 Å². The van der Waals surface area contributed by atoms with Gasteiger partial charge < -0.3 is 9.88 Å². The fourth-order valence-electron chi connectivity index (χ4n) is 2.51. The van der Waals surface area contributed by atoms with Gasteiger partial charge in [-0.1, -0.05) is 0 Å². The Morgan fingerprint density at radius 3 is 3.11 bits per heavy atom. The maximum atomic E-state index is 12.3. The number of rotatable bonds is 2. The smallest absolute Gasteiger partial charge is 0.273 e. The van der Waals surface area contributed by atoms with E-state index in [-0.39, 0.29) is 5.91 Å². The van der Waals surface area contributed by atoms with Crippen LogP contribution in [0.4, 0.5) is 0 Å². The zero-order valence-electron chi connectivity index (χ0n) is 10.8. The first kappa shape index (κ1) is 12.3. The molecule has 1 fully saturated rings. The number of aromatic nitrogens is 3. The Morgan fingerprint density at radius 1 is 1.53 bits per heavy atom. The zero-order chi connectivity index (χ0) is 13.2. The van der Waals surface area contributed by atoms with Crippen molar-refractivity contribution >= 4 is 17.2 Å². The summed E-state index contributed by atoms with van der Waals surface area (Å²) >= 11 is 1.46. The number of nitrogens with one attached hydrogen (secondary N) is 1. The third-order valence-electron chi connectivity index (χ3n) is 3.47. The molecule has 0 aromatic carbocycles. The predicted molar refractivity (Wildman–Crippen MR) is 73.3 cm³/mol. The molecule has 1 aliphatic rings. The standard InChI is InChI=1S/C13H16N4OS/c1-9-5-14-12(16-9)10-3-2-4-17(6-10)13(18)11-7-19-8-15-11/h5,7-8,10H,2-4,6H2,1H3,(H,14,16)/t10-/m0/s1. The van der Waals surface area contributed by atoms with E-state index in [9.17, 15) is 4.79 Å². The largest absolute Gasteiger partial charge is 0.346 e. The first-order valence-corrected chi connectivity index (χ1v) is 7.37. The lowest BCUT2D eigenvalue weighted by molar-refractivity contribution is 0.0699. The SMILES string of the molecule is Cc1cnc([C@H]2CCCN(C(=O)c3cscn3)C2)[nH]1. The van der Waals surface area contributed by atoms with Crippen molar-refractivity contribution in [3.8, 4) is 0 Å². The lowest BCUT2D eigenvalue weighted by atomic mass is 9.97. The Balaban J connectivity index is 1.73. The van der Waals surface area contributed by atoms with Crippen LogP contribution in [0.3, 0.4) is 0 Å². The van der Waals surface area contributed by atoms with Crippen molar-refractivity contribution in [1.82, 2.24) is 19.9 Å². The van der Waals surface area contributed by atoms with Crippen molar-refractivity contribution in [3.63, 3.8) is 0 Å². The van der Waals surface area contributed by atoms with E-state index >= 15 is 0 Å². The molecule has 1 N–H and O–H groups in total. The Morgan fingerprint density at radius 2 is 2.42 bits per heavy atom. The third-order valence-corrected chi connectivity index (χ3v) is 4.06. The molecular weight excluding hydrogens is 260 g/mol. The summed E-state index contributed by atoms with van der Waals surface area (Å²) in [4.78, 5) is 25.9. The number of hydrogen-bond acceptors (Lipinski definition) is 4. The van der Waals surface area contributed by atoms with Crippen LogP contribution in [0.2, 0.25) is 0 Å². The van der Waals surface area contributed by atoms with Gasteiger partial charge in [0.2, 0.25) is 0 Å². The number of carbonyl (C=O) groups is 1. The van der Waals surface area contributed by atoms with Crippen LogP contribution in [0, 0.1) is 6.92 Å².